The van der Waals surface area contributed by atoms with Crippen molar-refractivity contribution in [2.45, 2.75) is 6.92 Å². The first kappa shape index (κ1) is 14.1. The second-order valence-corrected chi connectivity index (χ2v) is 2.58. The van der Waals surface area contributed by atoms with Crippen LogP contribution in [0.2, 0.25) is 0 Å². The fraction of sp³-hybridized carbons (Fsp3) is 0.125. The molecule has 0 saturated carbocycles. The Balaban J connectivity index is 0. The van der Waals surface area contributed by atoms with E-state index in [4.69, 9.17) is 0 Å². The molecule has 0 saturated heterocycles. The smallest absolute Gasteiger partial charge is 0 e. The fourth-order valence-electron chi connectivity index (χ4n) is 0.670. The summed E-state index contributed by atoms with van der Waals surface area (Å²) in [5.41, 5.74) is 1.32. The summed E-state index contributed by atoms with van der Waals surface area (Å²) in [6, 6.07) is 8.34. The van der Waals surface area contributed by atoms with Crippen molar-refractivity contribution in [3.05, 3.63) is 36.2 Å². The van der Waals surface area contributed by atoms with Crippen molar-refractivity contribution in [2.24, 2.45) is 0 Å². The molecular weight excluding hydrogens is 269 g/mol. The molecule has 0 nitrogen and oxygen atoms in total. The quantitative estimate of drug-likeness (QED) is 0.389. The first-order valence-electron chi connectivity index (χ1n) is 2.88. The van der Waals surface area contributed by atoms with Crippen LogP contribution >= 0.6 is 20.8 Å². The molecule has 11 heavy (non-hydrogen) atoms. The molecule has 1 unspecified atom stereocenters. The summed E-state index contributed by atoms with van der Waals surface area (Å²) in [6.07, 6.45) is 2.72. The number of aryl methyl sites for hydroxylation is 1. The average molecular weight is 280 g/mol. The molecule has 0 aliphatic rings. The van der Waals surface area contributed by atoms with Crippen LogP contribution in [0, 0.1) is 13.3 Å². The van der Waals surface area contributed by atoms with E-state index in [0.29, 0.717) is 0 Å². The first-order chi connectivity index (χ1) is 4.79. The Bertz CT molecular complexity index is 174. The summed E-state index contributed by atoms with van der Waals surface area (Å²) in [5, 5.41) is 1.25. The molecule has 0 amide bonds. The fourth-order valence-corrected chi connectivity index (χ4v) is 1.04. The van der Waals surface area contributed by atoms with Crippen molar-refractivity contribution in [3.8, 4) is 0 Å². The number of rotatable bonds is 0. The predicted octanol–water partition coefficient (Wildman–Crippen LogP) is 2.51. The van der Waals surface area contributed by atoms with E-state index in [0.717, 1.165) is 0 Å². The number of benzene rings is 1. The molecule has 0 spiro atoms. The van der Waals surface area contributed by atoms with E-state index in [1.807, 2.05) is 0 Å². The molecule has 3 heteroatoms. The SMILES string of the molecule is Cc1cccc(P)c1.[CH2-]Cl.[Pd]. The predicted molar refractivity (Wildman–Crippen MR) is 51.7 cm³/mol. The molecule has 66 valence electrons. The molecule has 1 aromatic carbocycles. The maximum absolute atomic E-state index is 4.39. The third-order valence-corrected chi connectivity index (χ3v) is 1.40. The zero-order chi connectivity index (χ0) is 7.98. The Kier molecular flexibility index (Phi) is 11.2. The van der Waals surface area contributed by atoms with Gasteiger partial charge in [-0.25, -0.2) is 0 Å². The molecule has 1 aromatic rings. The van der Waals surface area contributed by atoms with E-state index in [1.165, 1.54) is 10.9 Å². The number of hydrogen-bond donors (Lipinski definition) is 0. The van der Waals surface area contributed by atoms with Crippen LogP contribution in [0.25, 0.3) is 0 Å². The summed E-state index contributed by atoms with van der Waals surface area (Å²) in [4.78, 5) is 0. The molecule has 1 rings (SSSR count). The van der Waals surface area contributed by atoms with E-state index in [9.17, 15) is 0 Å². The molecule has 1 atom stereocenters. The molecule has 0 aliphatic heterocycles. The first-order valence-corrected chi connectivity index (χ1v) is 3.99. The summed E-state index contributed by atoms with van der Waals surface area (Å²) in [5.74, 6) is 0. The van der Waals surface area contributed by atoms with Gasteiger partial charge in [0.2, 0.25) is 0 Å². The summed E-state index contributed by atoms with van der Waals surface area (Å²) < 4.78 is 0. The Labute approximate surface area is 89.6 Å². The molecule has 0 fully saturated rings. The summed E-state index contributed by atoms with van der Waals surface area (Å²) in [7, 11) is 2.66. The van der Waals surface area contributed by atoms with Gasteiger partial charge in [-0.1, -0.05) is 29.8 Å². The second-order valence-electron chi connectivity index (χ2n) is 1.91. The summed E-state index contributed by atoms with van der Waals surface area (Å²) in [6.45, 7) is 2.09. The Morgan fingerprint density at radius 1 is 1.36 bits per heavy atom. The van der Waals surface area contributed by atoms with Crippen molar-refractivity contribution < 1.29 is 20.4 Å². The third-order valence-electron chi connectivity index (χ3n) is 1.04. The van der Waals surface area contributed by atoms with Crippen LogP contribution in [0.4, 0.5) is 0 Å². The molecule has 0 radical (unpaired) electrons. The van der Waals surface area contributed by atoms with Gasteiger partial charge in [-0.2, -0.15) is 0 Å². The van der Waals surface area contributed by atoms with Gasteiger partial charge in [0.1, 0.15) is 0 Å². The molecule has 0 N–H and O–H groups in total. The van der Waals surface area contributed by atoms with Gasteiger partial charge in [0.05, 0.1) is 0 Å². The maximum Gasteiger partial charge on any atom is 0 e. The van der Waals surface area contributed by atoms with Gasteiger partial charge in [0, 0.05) is 20.4 Å². The van der Waals surface area contributed by atoms with Gasteiger partial charge in [0.15, 0.2) is 0 Å². The van der Waals surface area contributed by atoms with Crippen molar-refractivity contribution >= 4 is 26.1 Å². The van der Waals surface area contributed by atoms with E-state index in [-0.39, 0.29) is 20.4 Å². The summed E-state index contributed by atoms with van der Waals surface area (Å²) >= 11 is 4.39. The van der Waals surface area contributed by atoms with Crippen LogP contribution in [0.3, 0.4) is 0 Å². The standard InChI is InChI=1S/C7H9P.CH2Cl.Pd/c1-6-3-2-4-7(8)5-6;1-2;/h2-5H,8H2,1H3;1H2;/q;-1;. The van der Waals surface area contributed by atoms with E-state index < -0.39 is 0 Å². The minimum atomic E-state index is 0. The second kappa shape index (κ2) is 8.70. The van der Waals surface area contributed by atoms with Gasteiger partial charge in [-0.15, -0.1) is 9.24 Å². The van der Waals surface area contributed by atoms with Crippen LogP contribution in [-0.4, -0.2) is 0 Å². The Morgan fingerprint density at radius 2 is 1.91 bits per heavy atom. The maximum atomic E-state index is 4.39. The van der Waals surface area contributed by atoms with E-state index in [2.05, 4.69) is 58.4 Å². The average Bonchev–Trinajstić information content (AvgIpc) is 1.91. The molecule has 0 bridgehead atoms. The monoisotopic (exact) mass is 279 g/mol. The normalized spacial score (nSPS) is 7.27. The van der Waals surface area contributed by atoms with Crippen LogP contribution in [0.1, 0.15) is 5.56 Å². The Hall–Kier alpha value is 0.602. The number of hydrogen-bond acceptors (Lipinski definition) is 0. The largest absolute Gasteiger partial charge is 0.352 e. The topological polar surface area (TPSA) is 0 Å². The number of halogens is 1. The van der Waals surface area contributed by atoms with Gasteiger partial charge in [-0.3, -0.25) is 6.38 Å². The molecule has 0 aromatic heterocycles. The minimum Gasteiger partial charge on any atom is -0.352 e. The zero-order valence-electron chi connectivity index (χ0n) is 6.29. The van der Waals surface area contributed by atoms with E-state index in [1.54, 1.807) is 0 Å². The van der Waals surface area contributed by atoms with Crippen LogP contribution in [-0.2, 0) is 20.4 Å². The minimum absolute atomic E-state index is 0. The molecule has 0 heterocycles. The molecule has 0 aliphatic carbocycles. The van der Waals surface area contributed by atoms with Gasteiger partial charge in [-0.05, 0) is 12.2 Å². The van der Waals surface area contributed by atoms with Crippen molar-refractivity contribution in [3.63, 3.8) is 0 Å². The van der Waals surface area contributed by atoms with Crippen LogP contribution in [0.15, 0.2) is 24.3 Å². The third kappa shape index (κ3) is 6.98. The van der Waals surface area contributed by atoms with Crippen molar-refractivity contribution in [1.82, 2.24) is 0 Å². The van der Waals surface area contributed by atoms with Crippen molar-refractivity contribution in [2.75, 3.05) is 0 Å². The Morgan fingerprint density at radius 3 is 2.18 bits per heavy atom. The van der Waals surface area contributed by atoms with Gasteiger partial charge >= 0.3 is 0 Å². The van der Waals surface area contributed by atoms with Crippen LogP contribution in [0.5, 0.6) is 0 Å². The van der Waals surface area contributed by atoms with Crippen molar-refractivity contribution in [1.29, 1.82) is 0 Å². The zero-order valence-corrected chi connectivity index (χ0v) is 9.75. The van der Waals surface area contributed by atoms with Gasteiger partial charge < -0.3 is 11.6 Å². The molecular formula is C8H11ClPPd-. The van der Waals surface area contributed by atoms with Crippen LogP contribution < -0.4 is 5.30 Å². The van der Waals surface area contributed by atoms with Gasteiger partial charge in [0.25, 0.3) is 0 Å². The van der Waals surface area contributed by atoms with E-state index >= 15 is 0 Å².